The zero-order chi connectivity index (χ0) is 18.5. The molecule has 0 saturated heterocycles. The first kappa shape index (κ1) is 18.0. The Morgan fingerprint density at radius 1 is 1.15 bits per heavy atom. The fraction of sp³-hybridized carbons (Fsp3) is 0.158. The van der Waals surface area contributed by atoms with Crippen molar-refractivity contribution in [1.29, 1.82) is 0 Å². The minimum Gasteiger partial charge on any atom is -0.508 e. The Balaban J connectivity index is 1.66. The lowest BCUT2D eigenvalue weighted by Crippen LogP contribution is -2.39. The first-order valence-electron chi connectivity index (χ1n) is 8.06. The molecule has 0 aliphatic carbocycles. The van der Waals surface area contributed by atoms with Crippen molar-refractivity contribution in [3.8, 4) is 17.0 Å². The van der Waals surface area contributed by atoms with E-state index in [1.54, 1.807) is 42.5 Å². The van der Waals surface area contributed by atoms with Gasteiger partial charge in [0, 0.05) is 10.6 Å². The zero-order valence-corrected chi connectivity index (χ0v) is 14.6. The van der Waals surface area contributed by atoms with Crippen molar-refractivity contribution in [1.82, 2.24) is 15.5 Å². The number of phenols is 1. The van der Waals surface area contributed by atoms with Crippen molar-refractivity contribution < 1.29 is 15.0 Å². The number of carbonyl (C=O) groups is 1. The van der Waals surface area contributed by atoms with E-state index in [-0.39, 0.29) is 18.3 Å². The molecule has 26 heavy (non-hydrogen) atoms. The van der Waals surface area contributed by atoms with Gasteiger partial charge in [-0.1, -0.05) is 23.7 Å². The molecule has 0 bridgehead atoms. The number of aromatic nitrogens is 2. The first-order valence-corrected chi connectivity index (χ1v) is 8.44. The van der Waals surface area contributed by atoms with Crippen molar-refractivity contribution in [2.45, 2.75) is 12.5 Å². The van der Waals surface area contributed by atoms with Gasteiger partial charge in [0.25, 0.3) is 5.91 Å². The molecule has 134 valence electrons. The SMILES string of the molecule is O=C(N[C@H](CO)Cc1ccc(Cl)cc1)c1cc(-c2ccc(O)cc2)n[nH]1. The summed E-state index contributed by atoms with van der Waals surface area (Å²) < 4.78 is 0. The molecule has 6 nitrogen and oxygen atoms in total. The minimum absolute atomic E-state index is 0.162. The summed E-state index contributed by atoms with van der Waals surface area (Å²) in [6.45, 7) is -0.187. The predicted molar refractivity (Wildman–Crippen MR) is 99.2 cm³/mol. The molecule has 7 heteroatoms. The fourth-order valence-electron chi connectivity index (χ4n) is 2.55. The lowest BCUT2D eigenvalue weighted by molar-refractivity contribution is 0.0911. The van der Waals surface area contributed by atoms with Gasteiger partial charge in [-0.15, -0.1) is 0 Å². The van der Waals surface area contributed by atoms with Crippen LogP contribution in [0, 0.1) is 0 Å². The third-order valence-electron chi connectivity index (χ3n) is 3.94. The van der Waals surface area contributed by atoms with Crippen LogP contribution in [0.4, 0.5) is 0 Å². The summed E-state index contributed by atoms with van der Waals surface area (Å²) in [5, 5.41) is 29.1. The average molecular weight is 372 g/mol. The second-order valence-electron chi connectivity index (χ2n) is 5.90. The summed E-state index contributed by atoms with van der Waals surface area (Å²) in [6, 6.07) is 15.0. The van der Waals surface area contributed by atoms with Gasteiger partial charge < -0.3 is 15.5 Å². The number of nitrogens with zero attached hydrogens (tertiary/aromatic N) is 1. The van der Waals surface area contributed by atoms with E-state index in [1.165, 1.54) is 0 Å². The molecule has 1 heterocycles. The Bertz CT molecular complexity index is 876. The van der Waals surface area contributed by atoms with Gasteiger partial charge in [0.15, 0.2) is 0 Å². The number of benzene rings is 2. The van der Waals surface area contributed by atoms with Gasteiger partial charge in [0.05, 0.1) is 18.3 Å². The molecule has 0 fully saturated rings. The van der Waals surface area contributed by atoms with Crippen molar-refractivity contribution in [2.75, 3.05) is 6.61 Å². The van der Waals surface area contributed by atoms with Crippen LogP contribution in [0.5, 0.6) is 5.75 Å². The van der Waals surface area contributed by atoms with Crippen LogP contribution >= 0.6 is 11.6 Å². The van der Waals surface area contributed by atoms with Crippen LogP contribution < -0.4 is 5.32 Å². The Hall–Kier alpha value is -2.83. The molecule has 0 spiro atoms. The van der Waals surface area contributed by atoms with Gasteiger partial charge in [-0.3, -0.25) is 9.89 Å². The van der Waals surface area contributed by atoms with Gasteiger partial charge in [-0.05, 0) is 54.4 Å². The number of H-pyrrole nitrogens is 1. The van der Waals surface area contributed by atoms with E-state index in [0.717, 1.165) is 11.1 Å². The molecule has 0 radical (unpaired) electrons. The highest BCUT2D eigenvalue weighted by Crippen LogP contribution is 2.20. The Morgan fingerprint density at radius 2 is 1.85 bits per heavy atom. The molecule has 4 N–H and O–H groups in total. The van der Waals surface area contributed by atoms with Crippen LogP contribution in [0.1, 0.15) is 16.1 Å². The van der Waals surface area contributed by atoms with Gasteiger partial charge in [-0.2, -0.15) is 5.10 Å². The van der Waals surface area contributed by atoms with Crippen LogP contribution in [0.15, 0.2) is 54.6 Å². The standard InChI is InChI=1S/C19H18ClN3O3/c20-14-5-1-12(2-6-14)9-15(11-24)21-19(26)18-10-17(22-23-18)13-3-7-16(25)8-4-13/h1-8,10,15,24-25H,9,11H2,(H,21,26)(H,22,23)/t15-/m0/s1. The van der Waals surface area contributed by atoms with Crippen molar-refractivity contribution in [3.05, 3.63) is 70.9 Å². The number of hydrogen-bond donors (Lipinski definition) is 4. The number of aliphatic hydroxyl groups is 1. The highest BCUT2D eigenvalue weighted by atomic mass is 35.5. The third kappa shape index (κ3) is 4.41. The summed E-state index contributed by atoms with van der Waals surface area (Å²) in [7, 11) is 0. The van der Waals surface area contributed by atoms with E-state index >= 15 is 0 Å². The molecule has 1 atom stereocenters. The molecule has 0 unspecified atom stereocenters. The maximum atomic E-state index is 12.4. The molecule has 1 amide bonds. The number of hydrogen-bond acceptors (Lipinski definition) is 4. The van der Waals surface area contributed by atoms with Crippen molar-refractivity contribution in [2.24, 2.45) is 0 Å². The van der Waals surface area contributed by atoms with Gasteiger partial charge >= 0.3 is 0 Å². The quantitative estimate of drug-likeness (QED) is 0.535. The largest absolute Gasteiger partial charge is 0.508 e. The summed E-state index contributed by atoms with van der Waals surface area (Å²) in [5.74, 6) is -0.189. The molecule has 0 aliphatic heterocycles. The molecule has 1 aromatic heterocycles. The summed E-state index contributed by atoms with van der Waals surface area (Å²) >= 11 is 5.86. The van der Waals surface area contributed by atoms with E-state index in [2.05, 4.69) is 15.5 Å². The monoisotopic (exact) mass is 371 g/mol. The molecular formula is C19H18ClN3O3. The lowest BCUT2D eigenvalue weighted by atomic mass is 10.1. The van der Waals surface area contributed by atoms with Crippen LogP contribution in [0.3, 0.4) is 0 Å². The number of rotatable bonds is 6. The molecule has 3 aromatic rings. The number of aliphatic hydroxyl groups excluding tert-OH is 1. The molecule has 3 rings (SSSR count). The highest BCUT2D eigenvalue weighted by Gasteiger charge is 2.16. The smallest absolute Gasteiger partial charge is 0.269 e. The van der Waals surface area contributed by atoms with E-state index in [9.17, 15) is 15.0 Å². The second kappa shape index (κ2) is 8.03. The lowest BCUT2D eigenvalue weighted by Gasteiger charge is -2.15. The highest BCUT2D eigenvalue weighted by molar-refractivity contribution is 6.30. The van der Waals surface area contributed by atoms with E-state index in [4.69, 9.17) is 11.6 Å². The van der Waals surface area contributed by atoms with Crippen LogP contribution in [-0.4, -0.2) is 39.0 Å². The van der Waals surface area contributed by atoms with E-state index < -0.39 is 6.04 Å². The molecular weight excluding hydrogens is 354 g/mol. The molecule has 0 aliphatic rings. The van der Waals surface area contributed by atoms with Gasteiger partial charge in [-0.25, -0.2) is 0 Å². The molecule has 2 aromatic carbocycles. The van der Waals surface area contributed by atoms with Crippen LogP contribution in [-0.2, 0) is 6.42 Å². The van der Waals surface area contributed by atoms with E-state index in [0.29, 0.717) is 22.8 Å². The number of halogens is 1. The first-order chi connectivity index (χ1) is 12.5. The number of aromatic hydroxyl groups is 1. The Labute approximate surface area is 155 Å². The Morgan fingerprint density at radius 3 is 2.50 bits per heavy atom. The number of aromatic amines is 1. The van der Waals surface area contributed by atoms with Gasteiger partial charge in [0.1, 0.15) is 11.4 Å². The topological polar surface area (TPSA) is 98.2 Å². The maximum absolute atomic E-state index is 12.4. The minimum atomic E-state index is -0.427. The molecule has 0 saturated carbocycles. The van der Waals surface area contributed by atoms with Crippen LogP contribution in [0.25, 0.3) is 11.3 Å². The zero-order valence-electron chi connectivity index (χ0n) is 13.8. The Kier molecular flexibility index (Phi) is 5.55. The van der Waals surface area contributed by atoms with Crippen molar-refractivity contribution >= 4 is 17.5 Å². The maximum Gasteiger partial charge on any atom is 0.269 e. The van der Waals surface area contributed by atoms with E-state index in [1.807, 2.05) is 12.1 Å². The van der Waals surface area contributed by atoms with Gasteiger partial charge in [0.2, 0.25) is 0 Å². The number of carbonyl (C=O) groups excluding carboxylic acids is 1. The summed E-state index contributed by atoms with van der Waals surface area (Å²) in [5.41, 5.74) is 2.62. The van der Waals surface area contributed by atoms with Crippen LogP contribution in [0.2, 0.25) is 5.02 Å². The fourth-order valence-corrected chi connectivity index (χ4v) is 2.67. The summed E-state index contributed by atoms with van der Waals surface area (Å²) in [4.78, 5) is 12.4. The normalized spacial score (nSPS) is 11.9. The second-order valence-corrected chi connectivity index (χ2v) is 6.33. The third-order valence-corrected chi connectivity index (χ3v) is 4.19. The average Bonchev–Trinajstić information content (AvgIpc) is 3.14. The predicted octanol–water partition coefficient (Wildman–Crippen LogP) is 2.77. The van der Waals surface area contributed by atoms with Crippen molar-refractivity contribution in [3.63, 3.8) is 0 Å². The summed E-state index contributed by atoms with van der Waals surface area (Å²) in [6.07, 6.45) is 0.484. The number of amides is 1. The number of nitrogens with one attached hydrogen (secondary N) is 2. The number of phenolic OH excluding ortho intramolecular Hbond substituents is 1.